The number of imidazole rings is 1. The van der Waals surface area contributed by atoms with Crippen molar-refractivity contribution in [2.75, 3.05) is 12.4 Å². The standard InChI is InChI=1S/C23H20FN3O5S/c1-26-18-12-17(25-22(28)16-6-4-5-7-20(16)32-3)21(13-19(18)27(2)23(26)29)33(30,31)15-10-8-14(24)9-11-15/h4-13H,1-3H3,(H,25,28). The Kier molecular flexibility index (Phi) is 5.54. The van der Waals surface area contributed by atoms with E-state index in [1.54, 1.807) is 31.3 Å². The number of aromatic nitrogens is 2. The molecule has 0 bridgehead atoms. The lowest BCUT2D eigenvalue weighted by Gasteiger charge is -2.14. The molecule has 0 atom stereocenters. The number of sulfone groups is 1. The van der Waals surface area contributed by atoms with E-state index in [1.807, 2.05) is 0 Å². The molecule has 0 radical (unpaired) electrons. The van der Waals surface area contributed by atoms with Crippen LogP contribution in [-0.2, 0) is 23.9 Å². The van der Waals surface area contributed by atoms with Crippen LogP contribution in [0.1, 0.15) is 10.4 Å². The Labute approximate surface area is 188 Å². The second kappa shape index (κ2) is 8.21. The summed E-state index contributed by atoms with van der Waals surface area (Å²) in [6, 6.07) is 13.6. The number of benzene rings is 3. The molecule has 8 nitrogen and oxygen atoms in total. The van der Waals surface area contributed by atoms with E-state index in [9.17, 15) is 22.4 Å². The topological polar surface area (TPSA) is 99.4 Å². The molecule has 0 fully saturated rings. The first kappa shape index (κ1) is 22.3. The average molecular weight is 469 g/mol. The Morgan fingerprint density at radius 1 is 0.970 bits per heavy atom. The van der Waals surface area contributed by atoms with E-state index in [-0.39, 0.29) is 26.7 Å². The van der Waals surface area contributed by atoms with Gasteiger partial charge in [-0.05, 0) is 48.5 Å². The second-order valence-corrected chi connectivity index (χ2v) is 9.27. The maximum atomic E-state index is 13.5. The first-order chi connectivity index (χ1) is 15.6. The Bertz CT molecular complexity index is 1550. The van der Waals surface area contributed by atoms with Crippen LogP contribution in [0.2, 0.25) is 0 Å². The Morgan fingerprint density at radius 2 is 1.58 bits per heavy atom. The van der Waals surface area contributed by atoms with Gasteiger partial charge in [0, 0.05) is 14.1 Å². The molecule has 4 rings (SSSR count). The van der Waals surface area contributed by atoms with Crippen molar-refractivity contribution in [3.63, 3.8) is 0 Å². The molecule has 10 heteroatoms. The quantitative estimate of drug-likeness (QED) is 0.453. The number of hydrogen-bond acceptors (Lipinski definition) is 5. The maximum Gasteiger partial charge on any atom is 0.328 e. The number of rotatable bonds is 5. The van der Waals surface area contributed by atoms with Crippen molar-refractivity contribution in [3.8, 4) is 5.75 Å². The van der Waals surface area contributed by atoms with Gasteiger partial charge in [0.05, 0.1) is 39.2 Å². The van der Waals surface area contributed by atoms with Crippen LogP contribution in [-0.4, -0.2) is 30.6 Å². The van der Waals surface area contributed by atoms with Gasteiger partial charge in [0.25, 0.3) is 5.91 Å². The summed E-state index contributed by atoms with van der Waals surface area (Å²) >= 11 is 0. The molecule has 0 saturated carbocycles. The fourth-order valence-electron chi connectivity index (χ4n) is 3.61. The highest BCUT2D eigenvalue weighted by molar-refractivity contribution is 7.91. The van der Waals surface area contributed by atoms with E-state index in [0.717, 1.165) is 24.3 Å². The zero-order valence-electron chi connectivity index (χ0n) is 18.0. The number of amides is 1. The van der Waals surface area contributed by atoms with Crippen molar-refractivity contribution in [3.05, 3.63) is 82.5 Å². The summed E-state index contributed by atoms with van der Waals surface area (Å²) in [5, 5.41) is 2.64. The molecular formula is C23H20FN3O5S. The van der Waals surface area contributed by atoms with Crippen molar-refractivity contribution >= 4 is 32.5 Å². The smallest absolute Gasteiger partial charge is 0.328 e. The van der Waals surface area contributed by atoms with Gasteiger partial charge in [0.2, 0.25) is 9.84 Å². The number of aryl methyl sites for hydroxylation is 2. The van der Waals surface area contributed by atoms with Crippen LogP contribution in [0.4, 0.5) is 10.1 Å². The minimum Gasteiger partial charge on any atom is -0.496 e. The van der Waals surface area contributed by atoms with E-state index >= 15 is 0 Å². The third-order valence-corrected chi connectivity index (χ3v) is 7.20. The van der Waals surface area contributed by atoms with Gasteiger partial charge in [-0.2, -0.15) is 0 Å². The molecule has 3 aromatic carbocycles. The second-order valence-electron chi connectivity index (χ2n) is 7.35. The van der Waals surface area contributed by atoms with Gasteiger partial charge >= 0.3 is 5.69 Å². The van der Waals surface area contributed by atoms with E-state index < -0.39 is 21.6 Å². The zero-order chi connectivity index (χ0) is 23.9. The van der Waals surface area contributed by atoms with Gasteiger partial charge in [-0.25, -0.2) is 17.6 Å². The monoisotopic (exact) mass is 469 g/mol. The first-order valence-electron chi connectivity index (χ1n) is 9.79. The highest BCUT2D eigenvalue weighted by atomic mass is 32.2. The molecule has 0 aliphatic carbocycles. The van der Waals surface area contributed by atoms with Crippen molar-refractivity contribution < 1.29 is 22.3 Å². The van der Waals surface area contributed by atoms with Crippen molar-refractivity contribution in [1.29, 1.82) is 0 Å². The molecule has 1 amide bonds. The molecule has 33 heavy (non-hydrogen) atoms. The summed E-state index contributed by atoms with van der Waals surface area (Å²) in [6.07, 6.45) is 0. The number of para-hydroxylation sites is 1. The number of nitrogens with zero attached hydrogens (tertiary/aromatic N) is 2. The number of ether oxygens (including phenoxy) is 1. The van der Waals surface area contributed by atoms with E-state index in [4.69, 9.17) is 4.74 Å². The number of carbonyl (C=O) groups is 1. The molecular weight excluding hydrogens is 449 g/mol. The highest BCUT2D eigenvalue weighted by Crippen LogP contribution is 2.32. The maximum absolute atomic E-state index is 13.5. The molecule has 4 aromatic rings. The average Bonchev–Trinajstić information content (AvgIpc) is 3.02. The third-order valence-electron chi connectivity index (χ3n) is 5.39. The van der Waals surface area contributed by atoms with Gasteiger partial charge in [-0.15, -0.1) is 0 Å². The van der Waals surface area contributed by atoms with E-state index in [1.165, 1.54) is 35.4 Å². The summed E-state index contributed by atoms with van der Waals surface area (Å²) in [5.41, 5.74) is 0.605. The SMILES string of the molecule is COc1ccccc1C(=O)Nc1cc2c(cc1S(=O)(=O)c1ccc(F)cc1)n(C)c(=O)n2C. The molecule has 1 heterocycles. The molecule has 0 aliphatic rings. The number of methoxy groups -OCH3 is 1. The summed E-state index contributed by atoms with van der Waals surface area (Å²) < 4.78 is 48.2. The minimum atomic E-state index is -4.18. The number of halogens is 1. The lowest BCUT2D eigenvalue weighted by Crippen LogP contribution is -2.19. The number of anilines is 1. The summed E-state index contributed by atoms with van der Waals surface area (Å²) in [4.78, 5) is 25.1. The Hall–Kier alpha value is -3.92. The van der Waals surface area contributed by atoms with Gasteiger partial charge in [0.15, 0.2) is 0 Å². The van der Waals surface area contributed by atoms with Crippen LogP contribution < -0.4 is 15.7 Å². The molecule has 0 aliphatic heterocycles. The molecule has 0 saturated heterocycles. The summed E-state index contributed by atoms with van der Waals surface area (Å²) in [5.74, 6) is -0.867. The van der Waals surface area contributed by atoms with E-state index in [2.05, 4.69) is 5.32 Å². The zero-order valence-corrected chi connectivity index (χ0v) is 18.8. The van der Waals surface area contributed by atoms with Crippen LogP contribution in [0.15, 0.2) is 75.2 Å². The Morgan fingerprint density at radius 3 is 2.21 bits per heavy atom. The van der Waals surface area contributed by atoms with Gasteiger partial charge < -0.3 is 10.1 Å². The highest BCUT2D eigenvalue weighted by Gasteiger charge is 2.26. The van der Waals surface area contributed by atoms with E-state index in [0.29, 0.717) is 16.8 Å². The third kappa shape index (κ3) is 3.78. The van der Waals surface area contributed by atoms with Crippen LogP contribution in [0.25, 0.3) is 11.0 Å². The first-order valence-corrected chi connectivity index (χ1v) is 11.3. The normalized spacial score (nSPS) is 11.5. The van der Waals surface area contributed by atoms with Crippen molar-refractivity contribution in [1.82, 2.24) is 9.13 Å². The van der Waals surface area contributed by atoms with Crippen molar-refractivity contribution in [2.24, 2.45) is 14.1 Å². The minimum absolute atomic E-state index is 0.0241. The molecule has 0 unspecified atom stereocenters. The van der Waals surface area contributed by atoms with Crippen molar-refractivity contribution in [2.45, 2.75) is 9.79 Å². The molecule has 1 aromatic heterocycles. The van der Waals surface area contributed by atoms with Gasteiger partial charge in [0.1, 0.15) is 11.6 Å². The number of hydrogen-bond donors (Lipinski definition) is 1. The van der Waals surface area contributed by atoms with Gasteiger partial charge in [-0.3, -0.25) is 13.9 Å². The van der Waals surface area contributed by atoms with Gasteiger partial charge in [-0.1, -0.05) is 12.1 Å². The predicted octanol–water partition coefficient (Wildman–Crippen LogP) is 3.11. The fourth-order valence-corrected chi connectivity index (χ4v) is 5.02. The van der Waals surface area contributed by atoms with Crippen LogP contribution >= 0.6 is 0 Å². The van der Waals surface area contributed by atoms with Crippen LogP contribution in [0.3, 0.4) is 0 Å². The molecule has 1 N–H and O–H groups in total. The lowest BCUT2D eigenvalue weighted by molar-refractivity contribution is 0.102. The van der Waals surface area contributed by atoms with Crippen LogP contribution in [0, 0.1) is 5.82 Å². The summed E-state index contributed by atoms with van der Waals surface area (Å²) in [6.45, 7) is 0. The largest absolute Gasteiger partial charge is 0.496 e. The summed E-state index contributed by atoms with van der Waals surface area (Å²) in [7, 11) is 0.306. The van der Waals surface area contributed by atoms with Crippen LogP contribution in [0.5, 0.6) is 5.75 Å². The lowest BCUT2D eigenvalue weighted by atomic mass is 10.1. The predicted molar refractivity (Wildman–Crippen MR) is 121 cm³/mol. The number of carbonyl (C=O) groups excluding carboxylic acids is 1. The Balaban J connectivity index is 1.94. The fraction of sp³-hybridized carbons (Fsp3) is 0.130. The number of fused-ring (bicyclic) bond motifs is 1. The number of nitrogens with one attached hydrogen (secondary N) is 1. The molecule has 0 spiro atoms. The molecule has 170 valence electrons.